The van der Waals surface area contributed by atoms with Crippen molar-refractivity contribution in [3.63, 3.8) is 0 Å². The molecule has 1 atom stereocenters. The second kappa shape index (κ2) is 10.2. The third kappa shape index (κ3) is 5.26. The first-order chi connectivity index (χ1) is 16.4. The lowest BCUT2D eigenvalue weighted by Gasteiger charge is -2.18. The molecular weight excluding hydrogens is 462 g/mol. The Labute approximate surface area is 198 Å². The Balaban J connectivity index is 1.61. The predicted octanol–water partition coefficient (Wildman–Crippen LogP) is 3.21. The summed E-state index contributed by atoms with van der Waals surface area (Å²) in [4.78, 5) is 40.8. The number of carbonyl (C=O) groups excluding carboxylic acids is 1. The minimum atomic E-state index is -1.03. The number of aromatic nitrogens is 6. The van der Waals surface area contributed by atoms with Crippen molar-refractivity contribution in [2.24, 2.45) is 0 Å². The Morgan fingerprint density at radius 3 is 2.76 bits per heavy atom. The van der Waals surface area contributed by atoms with Gasteiger partial charge in [-0.2, -0.15) is 9.78 Å². The number of carbonyl (C=O) groups is 2. The van der Waals surface area contributed by atoms with Crippen LogP contribution in [0.25, 0.3) is 16.9 Å². The second-order valence-electron chi connectivity index (χ2n) is 7.38. The molecule has 0 aromatic carbocycles. The Morgan fingerprint density at radius 2 is 2.03 bits per heavy atom. The Kier molecular flexibility index (Phi) is 6.93. The van der Waals surface area contributed by atoms with Crippen molar-refractivity contribution in [3.05, 3.63) is 59.8 Å². The summed E-state index contributed by atoms with van der Waals surface area (Å²) in [5, 5.41) is 16.8. The van der Waals surface area contributed by atoms with Gasteiger partial charge in [0.25, 0.3) is 5.91 Å². The highest BCUT2D eigenvalue weighted by Crippen LogP contribution is 2.27. The van der Waals surface area contributed by atoms with E-state index in [0.717, 1.165) is 5.56 Å². The van der Waals surface area contributed by atoms with Crippen molar-refractivity contribution in [1.82, 2.24) is 29.7 Å². The highest BCUT2D eigenvalue weighted by atomic mass is 35.5. The maximum atomic E-state index is 13.0. The molecule has 1 amide bonds. The van der Waals surface area contributed by atoms with Crippen LogP contribution in [0.4, 0.5) is 5.82 Å². The molecule has 34 heavy (non-hydrogen) atoms. The predicted molar refractivity (Wildman–Crippen MR) is 123 cm³/mol. The van der Waals surface area contributed by atoms with Gasteiger partial charge in [0.15, 0.2) is 17.6 Å². The zero-order valence-electron chi connectivity index (χ0n) is 18.1. The summed E-state index contributed by atoms with van der Waals surface area (Å²) in [7, 11) is 0. The van der Waals surface area contributed by atoms with Gasteiger partial charge >= 0.3 is 5.97 Å². The number of amides is 1. The number of carboxylic acid groups (broad SMARTS) is 1. The van der Waals surface area contributed by atoms with E-state index in [2.05, 4.69) is 30.4 Å². The number of aliphatic carboxylic acids is 1. The summed E-state index contributed by atoms with van der Waals surface area (Å²) in [5.74, 6) is -0.584. The van der Waals surface area contributed by atoms with E-state index in [-0.39, 0.29) is 25.1 Å². The van der Waals surface area contributed by atoms with E-state index in [1.165, 1.54) is 17.2 Å². The molecule has 2 N–H and O–H groups in total. The second-order valence-corrected chi connectivity index (χ2v) is 7.79. The maximum Gasteiger partial charge on any atom is 0.303 e. The van der Waals surface area contributed by atoms with Crippen molar-refractivity contribution < 1.29 is 19.4 Å². The van der Waals surface area contributed by atoms with Crippen LogP contribution >= 0.6 is 11.6 Å². The molecule has 12 heteroatoms. The highest BCUT2D eigenvalue weighted by Gasteiger charge is 2.24. The molecular formula is C22H20ClN7O4. The molecule has 4 rings (SSSR count). The summed E-state index contributed by atoms with van der Waals surface area (Å²) < 4.78 is 7.40. The third-order valence-corrected chi connectivity index (χ3v) is 5.13. The summed E-state index contributed by atoms with van der Waals surface area (Å²) in [6.45, 7) is 1.88. The number of aryl methyl sites for hydroxylation is 1. The highest BCUT2D eigenvalue weighted by molar-refractivity contribution is 6.32. The van der Waals surface area contributed by atoms with E-state index < -0.39 is 18.0 Å². The minimum absolute atomic E-state index is 0.106. The average molecular weight is 482 g/mol. The number of anilines is 1. The standard InChI is InChI=1S/C22H20ClN7O4/c1-13-7-8-17(25-10-13)29-21(33)16(5-2-6-18(31)32)34-22-14-11-28-30(19(14)26-12-27-22)20-15(23)4-3-9-24-20/h3-4,7-12,16H,2,5-6H2,1H3,(H,31,32)(H,25,29,33)/t16-/m0/s1. The van der Waals surface area contributed by atoms with Crippen LogP contribution in [0.3, 0.4) is 0 Å². The summed E-state index contributed by atoms with van der Waals surface area (Å²) in [6, 6.07) is 6.86. The van der Waals surface area contributed by atoms with Crippen molar-refractivity contribution >= 4 is 40.3 Å². The number of hydrogen-bond acceptors (Lipinski definition) is 8. The van der Waals surface area contributed by atoms with E-state index in [1.54, 1.807) is 30.6 Å². The molecule has 0 fully saturated rings. The first-order valence-electron chi connectivity index (χ1n) is 10.3. The van der Waals surface area contributed by atoms with Crippen molar-refractivity contribution in [1.29, 1.82) is 0 Å². The van der Waals surface area contributed by atoms with Gasteiger partial charge in [-0.3, -0.25) is 9.59 Å². The van der Waals surface area contributed by atoms with Crippen LogP contribution in [0.15, 0.2) is 49.2 Å². The number of nitrogens with one attached hydrogen (secondary N) is 1. The molecule has 0 aliphatic carbocycles. The number of carboxylic acids is 1. The third-order valence-electron chi connectivity index (χ3n) is 4.83. The van der Waals surface area contributed by atoms with Crippen LogP contribution in [-0.2, 0) is 9.59 Å². The number of pyridine rings is 2. The van der Waals surface area contributed by atoms with E-state index in [1.807, 2.05) is 13.0 Å². The van der Waals surface area contributed by atoms with E-state index in [0.29, 0.717) is 27.7 Å². The van der Waals surface area contributed by atoms with Crippen LogP contribution in [0.2, 0.25) is 5.02 Å². The van der Waals surface area contributed by atoms with Gasteiger partial charge in [-0.15, -0.1) is 0 Å². The van der Waals surface area contributed by atoms with Crippen molar-refractivity contribution in [2.45, 2.75) is 32.3 Å². The lowest BCUT2D eigenvalue weighted by atomic mass is 10.1. The number of nitrogens with zero attached hydrogens (tertiary/aromatic N) is 6. The van der Waals surface area contributed by atoms with Gasteiger partial charge in [0.05, 0.1) is 11.2 Å². The van der Waals surface area contributed by atoms with Crippen LogP contribution in [-0.4, -0.2) is 52.8 Å². The Hall–Kier alpha value is -4.12. The molecule has 11 nitrogen and oxygen atoms in total. The quantitative estimate of drug-likeness (QED) is 0.368. The Bertz CT molecular complexity index is 1330. The van der Waals surface area contributed by atoms with Gasteiger partial charge in [-0.1, -0.05) is 17.7 Å². The molecule has 0 radical (unpaired) electrons. The minimum Gasteiger partial charge on any atom is -0.481 e. The smallest absolute Gasteiger partial charge is 0.303 e. The topological polar surface area (TPSA) is 145 Å². The van der Waals surface area contributed by atoms with Crippen molar-refractivity contribution in [2.75, 3.05) is 5.32 Å². The maximum absolute atomic E-state index is 13.0. The van der Waals surface area contributed by atoms with Crippen LogP contribution in [0.5, 0.6) is 5.88 Å². The van der Waals surface area contributed by atoms with E-state index in [9.17, 15) is 9.59 Å². The number of hydrogen-bond donors (Lipinski definition) is 2. The zero-order chi connectivity index (χ0) is 24.1. The summed E-state index contributed by atoms with van der Waals surface area (Å²) in [5.41, 5.74) is 1.33. The van der Waals surface area contributed by atoms with Gasteiger partial charge in [0, 0.05) is 18.8 Å². The number of rotatable bonds is 9. The molecule has 0 saturated carbocycles. The van der Waals surface area contributed by atoms with Gasteiger partial charge in [0.1, 0.15) is 17.5 Å². The average Bonchev–Trinajstić information content (AvgIpc) is 3.25. The molecule has 0 unspecified atom stereocenters. The molecule has 4 heterocycles. The number of halogens is 1. The van der Waals surface area contributed by atoms with Crippen LogP contribution in [0, 0.1) is 6.92 Å². The molecule has 0 aliphatic heterocycles. The van der Waals surface area contributed by atoms with Crippen LogP contribution < -0.4 is 10.1 Å². The van der Waals surface area contributed by atoms with Gasteiger partial charge in [-0.25, -0.2) is 19.9 Å². The number of fused-ring (bicyclic) bond motifs is 1. The molecule has 0 bridgehead atoms. The number of ether oxygens (including phenoxy) is 1. The summed E-state index contributed by atoms with van der Waals surface area (Å²) >= 11 is 6.25. The van der Waals surface area contributed by atoms with Gasteiger partial charge < -0.3 is 15.2 Å². The monoisotopic (exact) mass is 481 g/mol. The fraction of sp³-hybridized carbons (Fsp3) is 0.227. The van der Waals surface area contributed by atoms with E-state index in [4.69, 9.17) is 21.4 Å². The van der Waals surface area contributed by atoms with Gasteiger partial charge in [0.2, 0.25) is 5.88 Å². The fourth-order valence-electron chi connectivity index (χ4n) is 3.17. The lowest BCUT2D eigenvalue weighted by molar-refractivity contribution is -0.137. The largest absolute Gasteiger partial charge is 0.481 e. The van der Waals surface area contributed by atoms with E-state index >= 15 is 0 Å². The fourth-order valence-corrected chi connectivity index (χ4v) is 3.37. The molecule has 0 saturated heterocycles. The molecule has 0 spiro atoms. The zero-order valence-corrected chi connectivity index (χ0v) is 18.8. The molecule has 174 valence electrons. The van der Waals surface area contributed by atoms with Crippen LogP contribution in [0.1, 0.15) is 24.8 Å². The molecule has 4 aromatic heterocycles. The normalized spacial score (nSPS) is 11.8. The SMILES string of the molecule is Cc1ccc(NC(=O)[C@H](CCCC(=O)O)Oc2ncnc3c2cnn3-c2ncccc2Cl)nc1. The van der Waals surface area contributed by atoms with Crippen molar-refractivity contribution in [3.8, 4) is 11.7 Å². The Morgan fingerprint density at radius 1 is 1.18 bits per heavy atom. The first-order valence-corrected chi connectivity index (χ1v) is 10.7. The molecule has 4 aromatic rings. The first kappa shape index (κ1) is 23.1. The van der Waals surface area contributed by atoms with Gasteiger partial charge in [-0.05, 0) is 43.5 Å². The lowest BCUT2D eigenvalue weighted by Crippen LogP contribution is -2.33. The summed E-state index contributed by atoms with van der Waals surface area (Å²) in [6.07, 6.45) is 5.22. The molecule has 0 aliphatic rings.